The van der Waals surface area contributed by atoms with Crippen molar-refractivity contribution >= 4 is 0 Å². The van der Waals surface area contributed by atoms with Crippen molar-refractivity contribution in [3.05, 3.63) is 0 Å². The van der Waals surface area contributed by atoms with Gasteiger partial charge in [0.2, 0.25) is 0 Å². The first-order valence-corrected chi connectivity index (χ1v) is 5.34. The lowest BCUT2D eigenvalue weighted by Gasteiger charge is -2.46. The fourth-order valence-corrected chi connectivity index (χ4v) is 2.32. The molecule has 1 aliphatic rings. The fourth-order valence-electron chi connectivity index (χ4n) is 2.32. The van der Waals surface area contributed by atoms with Gasteiger partial charge in [-0.1, -0.05) is 20.8 Å². The van der Waals surface area contributed by atoms with E-state index in [0.717, 1.165) is 25.7 Å². The van der Waals surface area contributed by atoms with Crippen molar-refractivity contribution in [1.82, 2.24) is 0 Å². The molecule has 0 aromatic carbocycles. The molecule has 2 heteroatoms. The van der Waals surface area contributed by atoms with Crippen molar-refractivity contribution in [3.63, 3.8) is 0 Å². The zero-order chi connectivity index (χ0) is 10.1. The lowest BCUT2D eigenvalue weighted by molar-refractivity contribution is -0.294. The largest absolute Gasteiger partial charge is 0.366 e. The molecule has 1 fully saturated rings. The molecule has 0 radical (unpaired) electrons. The average Bonchev–Trinajstić information content (AvgIpc) is 2.02. The normalized spacial score (nSPS) is 41.1. The molecule has 13 heavy (non-hydrogen) atoms. The third-order valence-electron chi connectivity index (χ3n) is 3.31. The summed E-state index contributed by atoms with van der Waals surface area (Å²) in [4.78, 5) is 0. The van der Waals surface area contributed by atoms with Crippen LogP contribution in [0.5, 0.6) is 0 Å². The summed E-state index contributed by atoms with van der Waals surface area (Å²) in [6.07, 6.45) is 3.90. The smallest absolute Gasteiger partial charge is 0.163 e. The van der Waals surface area contributed by atoms with Gasteiger partial charge in [0.1, 0.15) is 0 Å². The average molecular weight is 186 g/mol. The molecule has 0 aromatic heterocycles. The first kappa shape index (κ1) is 11.0. The maximum Gasteiger partial charge on any atom is 0.163 e. The Balaban J connectivity index is 2.76. The second-order valence-corrected chi connectivity index (χ2v) is 4.70. The second-order valence-electron chi connectivity index (χ2n) is 4.70. The highest BCUT2D eigenvalue weighted by Gasteiger charge is 2.42. The molecular formula is C11H22O2. The molecule has 0 saturated carbocycles. The standard InChI is InChI=1S/C11H22O2/c1-5-11(9(2)3)8-6-7-10(4,12)13-11/h9,12H,5-8H2,1-4H3. The number of hydrogen-bond acceptors (Lipinski definition) is 2. The molecule has 0 bridgehead atoms. The predicted molar refractivity (Wildman–Crippen MR) is 53.4 cm³/mol. The summed E-state index contributed by atoms with van der Waals surface area (Å²) >= 11 is 0. The van der Waals surface area contributed by atoms with E-state index in [-0.39, 0.29) is 5.60 Å². The van der Waals surface area contributed by atoms with Gasteiger partial charge >= 0.3 is 0 Å². The van der Waals surface area contributed by atoms with E-state index in [4.69, 9.17) is 4.74 Å². The summed E-state index contributed by atoms with van der Waals surface area (Å²) in [5.41, 5.74) is -0.0955. The molecule has 1 N–H and O–H groups in total. The van der Waals surface area contributed by atoms with Crippen LogP contribution in [0.1, 0.15) is 53.4 Å². The zero-order valence-electron chi connectivity index (χ0n) is 9.26. The first-order chi connectivity index (χ1) is 5.92. The number of aliphatic hydroxyl groups is 1. The molecule has 0 aromatic rings. The summed E-state index contributed by atoms with van der Waals surface area (Å²) < 4.78 is 5.83. The molecule has 1 rings (SSSR count). The van der Waals surface area contributed by atoms with Crippen molar-refractivity contribution in [1.29, 1.82) is 0 Å². The molecule has 78 valence electrons. The number of rotatable bonds is 2. The lowest BCUT2D eigenvalue weighted by Crippen LogP contribution is -2.49. The molecule has 0 aliphatic carbocycles. The van der Waals surface area contributed by atoms with Crippen LogP contribution in [-0.2, 0) is 4.74 Å². The van der Waals surface area contributed by atoms with Gasteiger partial charge in [-0.2, -0.15) is 0 Å². The van der Waals surface area contributed by atoms with Crippen molar-refractivity contribution in [2.24, 2.45) is 5.92 Å². The summed E-state index contributed by atoms with van der Waals surface area (Å²) in [5.74, 6) is -0.428. The molecule has 1 heterocycles. The van der Waals surface area contributed by atoms with Gasteiger partial charge in [-0.05, 0) is 32.1 Å². The molecule has 1 aliphatic heterocycles. The Morgan fingerprint density at radius 2 is 2.00 bits per heavy atom. The quantitative estimate of drug-likeness (QED) is 0.718. The molecule has 1 saturated heterocycles. The Morgan fingerprint density at radius 3 is 2.31 bits per heavy atom. The Hall–Kier alpha value is -0.0800. The van der Waals surface area contributed by atoms with Gasteiger partial charge in [0.15, 0.2) is 5.79 Å². The summed E-state index contributed by atoms with van der Waals surface area (Å²) in [6, 6.07) is 0. The van der Waals surface area contributed by atoms with E-state index in [0.29, 0.717) is 5.92 Å². The van der Waals surface area contributed by atoms with Gasteiger partial charge in [-0.3, -0.25) is 0 Å². The monoisotopic (exact) mass is 186 g/mol. The summed E-state index contributed by atoms with van der Waals surface area (Å²) in [5, 5.41) is 9.87. The van der Waals surface area contributed by atoms with E-state index in [2.05, 4.69) is 20.8 Å². The van der Waals surface area contributed by atoms with E-state index in [1.165, 1.54) is 0 Å². The molecule has 2 nitrogen and oxygen atoms in total. The van der Waals surface area contributed by atoms with E-state index >= 15 is 0 Å². The molecule has 2 atom stereocenters. The Kier molecular flexibility index (Phi) is 3.03. The van der Waals surface area contributed by atoms with Crippen molar-refractivity contribution in [3.8, 4) is 0 Å². The van der Waals surface area contributed by atoms with Crippen LogP contribution in [0.2, 0.25) is 0 Å². The predicted octanol–water partition coefficient (Wildman–Crippen LogP) is 2.70. The minimum absolute atomic E-state index is 0.0955. The Labute approximate surface area is 81.3 Å². The van der Waals surface area contributed by atoms with Crippen LogP contribution in [0, 0.1) is 5.92 Å². The maximum absolute atomic E-state index is 9.87. The van der Waals surface area contributed by atoms with Gasteiger partial charge in [-0.25, -0.2) is 0 Å². The van der Waals surface area contributed by atoms with Crippen molar-refractivity contribution < 1.29 is 9.84 Å². The minimum atomic E-state index is -0.904. The van der Waals surface area contributed by atoms with Crippen LogP contribution < -0.4 is 0 Å². The highest BCUT2D eigenvalue weighted by molar-refractivity contribution is 4.89. The van der Waals surface area contributed by atoms with Crippen LogP contribution in [-0.4, -0.2) is 16.5 Å². The zero-order valence-corrected chi connectivity index (χ0v) is 9.26. The highest BCUT2D eigenvalue weighted by atomic mass is 16.6. The number of ether oxygens (including phenoxy) is 1. The highest BCUT2D eigenvalue weighted by Crippen LogP contribution is 2.40. The van der Waals surface area contributed by atoms with E-state index in [1.54, 1.807) is 6.92 Å². The van der Waals surface area contributed by atoms with E-state index in [1.807, 2.05) is 0 Å². The molecule has 0 amide bonds. The van der Waals surface area contributed by atoms with Gasteiger partial charge < -0.3 is 9.84 Å². The first-order valence-electron chi connectivity index (χ1n) is 5.34. The van der Waals surface area contributed by atoms with E-state index < -0.39 is 5.79 Å². The second kappa shape index (κ2) is 3.58. The topological polar surface area (TPSA) is 29.5 Å². The van der Waals surface area contributed by atoms with Gasteiger partial charge in [0.05, 0.1) is 5.60 Å². The SMILES string of the molecule is CCC1(C(C)C)CCCC(C)(O)O1. The van der Waals surface area contributed by atoms with Crippen LogP contribution >= 0.6 is 0 Å². The van der Waals surface area contributed by atoms with Crippen LogP contribution in [0.3, 0.4) is 0 Å². The van der Waals surface area contributed by atoms with Gasteiger partial charge in [-0.15, -0.1) is 0 Å². The summed E-state index contributed by atoms with van der Waals surface area (Å²) in [7, 11) is 0. The van der Waals surface area contributed by atoms with E-state index in [9.17, 15) is 5.11 Å². The van der Waals surface area contributed by atoms with Crippen molar-refractivity contribution in [2.45, 2.75) is 64.8 Å². The number of hydrogen-bond donors (Lipinski definition) is 1. The van der Waals surface area contributed by atoms with Gasteiger partial charge in [0, 0.05) is 6.42 Å². The minimum Gasteiger partial charge on any atom is -0.366 e. The van der Waals surface area contributed by atoms with Crippen LogP contribution in [0.4, 0.5) is 0 Å². The third-order valence-corrected chi connectivity index (χ3v) is 3.31. The third kappa shape index (κ3) is 2.23. The van der Waals surface area contributed by atoms with Crippen LogP contribution in [0.15, 0.2) is 0 Å². The molecule has 0 spiro atoms. The molecule has 2 unspecified atom stereocenters. The fraction of sp³-hybridized carbons (Fsp3) is 1.00. The maximum atomic E-state index is 9.87. The van der Waals surface area contributed by atoms with Crippen molar-refractivity contribution in [2.75, 3.05) is 0 Å². The Morgan fingerprint density at radius 1 is 1.38 bits per heavy atom. The van der Waals surface area contributed by atoms with Gasteiger partial charge in [0.25, 0.3) is 0 Å². The molecular weight excluding hydrogens is 164 g/mol. The lowest BCUT2D eigenvalue weighted by atomic mass is 9.80. The Bertz CT molecular complexity index is 175. The van der Waals surface area contributed by atoms with Crippen LogP contribution in [0.25, 0.3) is 0 Å². The summed E-state index contributed by atoms with van der Waals surface area (Å²) in [6.45, 7) is 8.26.